The number of nitro groups is 2. The fourth-order valence-corrected chi connectivity index (χ4v) is 7.52. The predicted molar refractivity (Wildman–Crippen MR) is 212 cm³/mol. The Bertz CT molecular complexity index is 1880. The van der Waals surface area contributed by atoms with Gasteiger partial charge in [0.1, 0.15) is 12.6 Å². The van der Waals surface area contributed by atoms with E-state index in [9.17, 15) is 56.2 Å². The number of carbonyl (C=O) groups excluding carboxylic acids is 3. The number of unbranched alkanes of at least 4 members (excludes halogenated alkanes) is 8. The van der Waals surface area contributed by atoms with Crippen molar-refractivity contribution in [1.82, 2.24) is 25.3 Å². The number of hydrazine groups is 1. The molecular weight excluding hydrogens is 820 g/mol. The third-order valence-electron chi connectivity index (χ3n) is 9.50. The Morgan fingerprint density at radius 3 is 2.07 bits per heavy atom. The second-order valence-corrected chi connectivity index (χ2v) is 15.8. The number of piperazine rings is 1. The highest BCUT2D eigenvalue weighted by molar-refractivity contribution is 7.89. The molecule has 2 aromatic carbocycles. The molecule has 1 heterocycles. The fraction of sp³-hybridized carbons (Fsp3) is 0.568. The predicted octanol–water partition coefficient (Wildman–Crippen LogP) is 4.63. The molecule has 3 amide bonds. The Morgan fingerprint density at radius 1 is 0.867 bits per heavy atom. The number of halogens is 3. The zero-order valence-corrected chi connectivity index (χ0v) is 33.9. The molecule has 0 aromatic heterocycles. The van der Waals surface area contributed by atoms with Crippen LogP contribution in [0.2, 0.25) is 0 Å². The van der Waals surface area contributed by atoms with Gasteiger partial charge in [-0.25, -0.2) is 28.3 Å². The van der Waals surface area contributed by atoms with Crippen molar-refractivity contribution >= 4 is 39.6 Å². The number of nitrogens with two attached hydrogens (primary N) is 1. The van der Waals surface area contributed by atoms with Crippen LogP contribution in [0, 0.1) is 20.2 Å². The van der Waals surface area contributed by atoms with Gasteiger partial charge < -0.3 is 25.6 Å². The standard InChI is InChI=1S/C37H52F3N9O10S/c38-37(39,40)29-12-10-13-31(26-29)60(57,58)45-32(14-11-21-42-35(41)44-49(55)56)34(51)47-24-22-46(23-25-47)33(50)15-8-6-4-2-1-3-5-7-9-20-43-36(52)59-27-28-16-18-30(19-17-28)48(53)54/h10,12-13,16-19,26,32,45H,1-9,11,14-15,20-25,27H2,(H,43,52)(H3,41,42,44)/t32-/m0/s1. The maximum absolute atomic E-state index is 13.6. The summed E-state index contributed by atoms with van der Waals surface area (Å²) in [5.74, 6) is -1.22. The third kappa shape index (κ3) is 17.7. The van der Waals surface area contributed by atoms with Crippen molar-refractivity contribution in [1.29, 1.82) is 0 Å². The van der Waals surface area contributed by atoms with E-state index in [0.717, 1.165) is 69.6 Å². The lowest BCUT2D eigenvalue weighted by Gasteiger charge is -2.36. The Morgan fingerprint density at radius 2 is 1.47 bits per heavy atom. The highest BCUT2D eigenvalue weighted by Gasteiger charge is 2.34. The first kappa shape index (κ1) is 48.8. The van der Waals surface area contributed by atoms with Crippen LogP contribution < -0.4 is 21.2 Å². The molecule has 3 rings (SSSR count). The number of hydrogen-bond acceptors (Lipinski definition) is 11. The summed E-state index contributed by atoms with van der Waals surface area (Å²) in [5, 5.41) is 23.0. The van der Waals surface area contributed by atoms with E-state index >= 15 is 0 Å². The normalized spacial score (nSPS) is 14.0. The number of nitro benzene ring substituents is 1. The van der Waals surface area contributed by atoms with Crippen LogP contribution in [-0.2, 0) is 37.1 Å². The smallest absolute Gasteiger partial charge is 0.416 e. The number of non-ortho nitro benzene ring substituents is 1. The van der Waals surface area contributed by atoms with Crippen molar-refractivity contribution in [3.05, 3.63) is 79.9 Å². The van der Waals surface area contributed by atoms with Crippen LogP contribution >= 0.6 is 0 Å². The number of aliphatic imine (C=N–C) groups is 1. The van der Waals surface area contributed by atoms with Gasteiger partial charge in [-0.3, -0.25) is 19.7 Å². The van der Waals surface area contributed by atoms with Crippen molar-refractivity contribution in [3.8, 4) is 0 Å². The van der Waals surface area contributed by atoms with Gasteiger partial charge in [0, 0.05) is 57.8 Å². The minimum absolute atomic E-state index is 0.0165. The van der Waals surface area contributed by atoms with Gasteiger partial charge in [0.2, 0.25) is 21.8 Å². The molecule has 0 spiro atoms. The minimum atomic E-state index is -4.80. The van der Waals surface area contributed by atoms with Crippen molar-refractivity contribution in [2.75, 3.05) is 39.3 Å². The monoisotopic (exact) mass is 871 g/mol. The van der Waals surface area contributed by atoms with Crippen molar-refractivity contribution in [2.24, 2.45) is 10.7 Å². The topological polar surface area (TPSA) is 262 Å². The average Bonchev–Trinajstić information content (AvgIpc) is 3.20. The maximum atomic E-state index is 13.6. The van der Waals surface area contributed by atoms with Gasteiger partial charge in [-0.05, 0) is 61.6 Å². The molecule has 0 saturated carbocycles. The molecule has 0 unspecified atom stereocenters. The summed E-state index contributed by atoms with van der Waals surface area (Å²) in [6.45, 7) is 1.01. The molecule has 1 aliphatic heterocycles. The largest absolute Gasteiger partial charge is 0.445 e. The molecule has 5 N–H and O–H groups in total. The van der Waals surface area contributed by atoms with Gasteiger partial charge >= 0.3 is 12.3 Å². The highest BCUT2D eigenvalue weighted by Crippen LogP contribution is 2.30. The SMILES string of the molecule is NC(=NCCC[C@H](NS(=O)(=O)c1cccc(C(F)(F)F)c1)C(=O)N1CCN(C(=O)CCCCCCCCCCCNC(=O)OCc2ccc([N+](=O)[O-])cc2)CC1)N[N+](=O)[O-]. The number of rotatable bonds is 24. The van der Waals surface area contributed by atoms with E-state index in [0.29, 0.717) is 31.0 Å². The van der Waals surface area contributed by atoms with Gasteiger partial charge in [0.05, 0.1) is 15.4 Å². The summed E-state index contributed by atoms with van der Waals surface area (Å²) in [7, 11) is -4.61. The van der Waals surface area contributed by atoms with Gasteiger partial charge in [-0.15, -0.1) is 0 Å². The number of nitrogens with one attached hydrogen (secondary N) is 3. The number of nitrogens with zero attached hydrogens (tertiary/aromatic N) is 5. The number of benzene rings is 2. The molecule has 2 aromatic rings. The number of alkyl halides is 3. The Hall–Kier alpha value is -5.58. The summed E-state index contributed by atoms with van der Waals surface area (Å²) in [6.07, 6.45) is 3.30. The van der Waals surface area contributed by atoms with Crippen molar-refractivity contribution in [3.63, 3.8) is 0 Å². The lowest BCUT2D eigenvalue weighted by Crippen LogP contribution is -2.55. The summed E-state index contributed by atoms with van der Waals surface area (Å²) < 4.78 is 73.6. The summed E-state index contributed by atoms with van der Waals surface area (Å²) in [4.78, 5) is 65.2. The molecule has 60 heavy (non-hydrogen) atoms. The van der Waals surface area contributed by atoms with Gasteiger partial charge in [-0.2, -0.15) is 17.9 Å². The Labute approximate surface area is 345 Å². The second-order valence-electron chi connectivity index (χ2n) is 14.0. The number of sulfonamides is 1. The molecule has 332 valence electrons. The summed E-state index contributed by atoms with van der Waals surface area (Å²) >= 11 is 0. The van der Waals surface area contributed by atoms with E-state index < -0.39 is 60.6 Å². The van der Waals surface area contributed by atoms with Crippen LogP contribution in [0.1, 0.15) is 88.2 Å². The molecule has 19 nitrogen and oxygen atoms in total. The van der Waals surface area contributed by atoms with E-state index in [1.807, 2.05) is 0 Å². The maximum Gasteiger partial charge on any atom is 0.416 e. The molecule has 1 saturated heterocycles. The Kier molecular flexibility index (Phi) is 19.9. The highest BCUT2D eigenvalue weighted by atomic mass is 32.2. The number of carbonyl (C=O) groups is 3. The molecule has 1 fully saturated rings. The second kappa shape index (κ2) is 24.5. The molecule has 0 bridgehead atoms. The lowest BCUT2D eigenvalue weighted by atomic mass is 10.1. The van der Waals surface area contributed by atoms with Crippen molar-refractivity contribution < 1.29 is 50.7 Å². The molecule has 0 aliphatic carbocycles. The first-order valence-electron chi connectivity index (χ1n) is 19.6. The van der Waals surface area contributed by atoms with Gasteiger partial charge in [-0.1, -0.05) is 56.4 Å². The quantitative estimate of drug-likeness (QED) is 0.0370. The number of alkyl carbamates (subject to hydrolysis) is 1. The minimum Gasteiger partial charge on any atom is -0.445 e. The first-order chi connectivity index (χ1) is 28.5. The van der Waals surface area contributed by atoms with Crippen LogP contribution in [0.5, 0.6) is 0 Å². The van der Waals surface area contributed by atoms with Gasteiger partial charge in [0.25, 0.3) is 11.6 Å². The first-order valence-corrected chi connectivity index (χ1v) is 21.1. The molecule has 23 heteroatoms. The van der Waals surface area contributed by atoms with Crippen LogP contribution in [-0.4, -0.2) is 97.4 Å². The number of ether oxygens (including phenoxy) is 1. The third-order valence-corrected chi connectivity index (χ3v) is 11.0. The molecular formula is C37H52F3N9O10S. The average molecular weight is 872 g/mol. The number of amides is 3. The lowest BCUT2D eigenvalue weighted by molar-refractivity contribution is -0.525. The summed E-state index contributed by atoms with van der Waals surface area (Å²) in [5.41, 5.74) is 6.49. The van der Waals surface area contributed by atoms with E-state index in [2.05, 4.69) is 15.0 Å². The van der Waals surface area contributed by atoms with E-state index in [1.54, 1.807) is 10.3 Å². The van der Waals surface area contributed by atoms with E-state index in [4.69, 9.17) is 10.5 Å². The van der Waals surface area contributed by atoms with Crippen LogP contribution in [0.25, 0.3) is 0 Å². The van der Waals surface area contributed by atoms with E-state index in [-0.39, 0.29) is 63.8 Å². The van der Waals surface area contributed by atoms with Crippen LogP contribution in [0.15, 0.2) is 58.4 Å². The number of guanidine groups is 1. The van der Waals surface area contributed by atoms with Crippen molar-refractivity contribution in [2.45, 2.75) is 101 Å². The zero-order chi connectivity index (χ0) is 44.1. The molecule has 0 radical (unpaired) electrons. The Balaban J connectivity index is 1.32. The van der Waals surface area contributed by atoms with Crippen LogP contribution in [0.3, 0.4) is 0 Å². The molecule has 1 aliphatic rings. The summed E-state index contributed by atoms with van der Waals surface area (Å²) in [6, 6.07) is 7.46. The zero-order valence-electron chi connectivity index (χ0n) is 33.1. The van der Waals surface area contributed by atoms with E-state index in [1.165, 1.54) is 29.2 Å². The molecule has 1 atom stereocenters. The van der Waals surface area contributed by atoms with Gasteiger partial charge in [0.15, 0.2) is 5.03 Å². The fourth-order valence-electron chi connectivity index (χ4n) is 6.25. The van der Waals surface area contributed by atoms with Crippen LogP contribution in [0.4, 0.5) is 23.7 Å². The number of hydrogen-bond donors (Lipinski definition) is 4.